The first kappa shape index (κ1) is 19.9. The van der Waals surface area contributed by atoms with Gasteiger partial charge in [-0.15, -0.1) is 0 Å². The van der Waals surface area contributed by atoms with Crippen molar-refractivity contribution >= 4 is 18.2 Å². The van der Waals surface area contributed by atoms with E-state index in [0.29, 0.717) is 5.75 Å². The standard InChI is InChI=1S/C19H25NO6/c1-5-25-17(22)19(18(23)26-6-2)12(3)15(11-21)16(20-19)13-7-9-14(24-4)10-8-13/h7-12,15-16,20H,5-6H2,1-4H3/t12-,15-,16-/m1/s1. The molecule has 7 heteroatoms. The molecule has 0 bridgehead atoms. The molecule has 0 aliphatic carbocycles. The topological polar surface area (TPSA) is 90.9 Å². The van der Waals surface area contributed by atoms with Crippen molar-refractivity contribution in [1.29, 1.82) is 0 Å². The Morgan fingerprint density at radius 2 is 1.65 bits per heavy atom. The lowest BCUT2D eigenvalue weighted by molar-refractivity contribution is -0.168. The van der Waals surface area contributed by atoms with Crippen molar-refractivity contribution in [3.8, 4) is 5.75 Å². The number of rotatable bonds is 7. The van der Waals surface area contributed by atoms with Gasteiger partial charge in [0.15, 0.2) is 0 Å². The number of esters is 2. The number of hydrogen-bond acceptors (Lipinski definition) is 7. The fourth-order valence-electron chi connectivity index (χ4n) is 3.43. The fourth-order valence-corrected chi connectivity index (χ4v) is 3.43. The highest BCUT2D eigenvalue weighted by atomic mass is 16.6. The maximum atomic E-state index is 12.7. The second kappa shape index (κ2) is 8.31. The van der Waals surface area contributed by atoms with Crippen LogP contribution in [-0.2, 0) is 23.9 Å². The first-order valence-corrected chi connectivity index (χ1v) is 8.67. The van der Waals surface area contributed by atoms with Gasteiger partial charge < -0.3 is 19.0 Å². The zero-order valence-corrected chi connectivity index (χ0v) is 15.5. The molecule has 1 aliphatic heterocycles. The number of nitrogens with one attached hydrogen (secondary N) is 1. The maximum Gasteiger partial charge on any atom is 0.338 e. The summed E-state index contributed by atoms with van der Waals surface area (Å²) in [6, 6.07) is 6.59. The number of carbonyl (C=O) groups is 3. The van der Waals surface area contributed by atoms with E-state index >= 15 is 0 Å². The van der Waals surface area contributed by atoms with E-state index in [1.807, 2.05) is 0 Å². The molecule has 0 spiro atoms. The summed E-state index contributed by atoms with van der Waals surface area (Å²) in [5.74, 6) is -2.02. The number of ether oxygens (including phenoxy) is 3. The number of methoxy groups -OCH3 is 1. The molecule has 1 aromatic carbocycles. The van der Waals surface area contributed by atoms with Gasteiger partial charge in [0.2, 0.25) is 5.54 Å². The summed E-state index contributed by atoms with van der Waals surface area (Å²) < 4.78 is 15.4. The highest BCUT2D eigenvalue weighted by Crippen LogP contribution is 2.43. The van der Waals surface area contributed by atoms with Gasteiger partial charge in [-0.3, -0.25) is 5.32 Å². The Morgan fingerprint density at radius 3 is 2.08 bits per heavy atom. The molecule has 1 aliphatic rings. The lowest BCUT2D eigenvalue weighted by atomic mass is 9.79. The molecule has 1 N–H and O–H groups in total. The van der Waals surface area contributed by atoms with Gasteiger partial charge in [-0.1, -0.05) is 19.1 Å². The van der Waals surface area contributed by atoms with Crippen LogP contribution in [0.1, 0.15) is 32.4 Å². The Labute approximate surface area is 153 Å². The SMILES string of the molecule is CCOC(=O)C1(C(=O)OCC)N[C@H](c2ccc(OC)cc2)[C@H](C=O)[C@H]1C. The van der Waals surface area contributed by atoms with E-state index in [1.54, 1.807) is 52.1 Å². The second-order valence-corrected chi connectivity index (χ2v) is 6.15. The molecular weight excluding hydrogens is 338 g/mol. The molecule has 1 saturated heterocycles. The van der Waals surface area contributed by atoms with Crippen LogP contribution in [0.3, 0.4) is 0 Å². The van der Waals surface area contributed by atoms with Gasteiger partial charge in [0.1, 0.15) is 12.0 Å². The molecule has 0 unspecified atom stereocenters. The van der Waals surface area contributed by atoms with Crippen molar-refractivity contribution in [2.75, 3.05) is 20.3 Å². The summed E-state index contributed by atoms with van der Waals surface area (Å²) in [7, 11) is 1.56. The smallest absolute Gasteiger partial charge is 0.338 e. The molecule has 142 valence electrons. The second-order valence-electron chi connectivity index (χ2n) is 6.15. The van der Waals surface area contributed by atoms with Crippen LogP contribution < -0.4 is 10.1 Å². The van der Waals surface area contributed by atoms with E-state index in [1.165, 1.54) is 0 Å². The van der Waals surface area contributed by atoms with Gasteiger partial charge >= 0.3 is 11.9 Å². The number of benzene rings is 1. The molecule has 0 saturated carbocycles. The van der Waals surface area contributed by atoms with E-state index < -0.39 is 35.4 Å². The molecule has 2 rings (SSSR count). The third-order valence-electron chi connectivity index (χ3n) is 4.86. The first-order valence-electron chi connectivity index (χ1n) is 8.67. The lowest BCUT2D eigenvalue weighted by Gasteiger charge is -2.29. The molecule has 0 amide bonds. The molecule has 1 heterocycles. The minimum absolute atomic E-state index is 0.118. The summed E-state index contributed by atoms with van der Waals surface area (Å²) >= 11 is 0. The zero-order chi connectivity index (χ0) is 19.3. The minimum atomic E-state index is -1.72. The van der Waals surface area contributed by atoms with E-state index in [-0.39, 0.29) is 13.2 Å². The molecule has 0 aromatic heterocycles. The van der Waals surface area contributed by atoms with Crippen molar-refractivity contribution < 1.29 is 28.6 Å². The lowest BCUT2D eigenvalue weighted by Crippen LogP contribution is -2.60. The highest BCUT2D eigenvalue weighted by Gasteiger charge is 2.62. The van der Waals surface area contributed by atoms with Gasteiger partial charge in [0, 0.05) is 17.9 Å². The van der Waals surface area contributed by atoms with Crippen molar-refractivity contribution in [3.63, 3.8) is 0 Å². The Balaban J connectivity index is 2.47. The summed E-state index contributed by atoms with van der Waals surface area (Å²) in [4.78, 5) is 37.2. The largest absolute Gasteiger partial charge is 0.497 e. The van der Waals surface area contributed by atoms with Crippen molar-refractivity contribution in [1.82, 2.24) is 5.32 Å². The van der Waals surface area contributed by atoms with Crippen molar-refractivity contribution in [2.24, 2.45) is 11.8 Å². The van der Waals surface area contributed by atoms with Crippen LogP contribution in [0.25, 0.3) is 0 Å². The monoisotopic (exact) mass is 363 g/mol. The average Bonchev–Trinajstić information content (AvgIpc) is 2.95. The Hall–Kier alpha value is -2.41. The normalized spacial score (nSPS) is 23.9. The van der Waals surface area contributed by atoms with Gasteiger partial charge in [0.25, 0.3) is 0 Å². The van der Waals surface area contributed by atoms with Gasteiger partial charge in [-0.2, -0.15) is 0 Å². The van der Waals surface area contributed by atoms with Gasteiger partial charge in [0.05, 0.1) is 20.3 Å². The van der Waals surface area contributed by atoms with E-state index in [2.05, 4.69) is 5.32 Å². The van der Waals surface area contributed by atoms with Crippen LogP contribution in [0.2, 0.25) is 0 Å². The first-order chi connectivity index (χ1) is 12.5. The summed E-state index contributed by atoms with van der Waals surface area (Å²) in [6.07, 6.45) is 0.771. The Bertz CT molecular complexity index is 638. The average molecular weight is 363 g/mol. The summed E-state index contributed by atoms with van der Waals surface area (Å²) in [5.41, 5.74) is -0.951. The van der Waals surface area contributed by atoms with E-state index in [9.17, 15) is 14.4 Å². The van der Waals surface area contributed by atoms with Crippen LogP contribution in [0.15, 0.2) is 24.3 Å². The number of hydrogen-bond donors (Lipinski definition) is 1. The molecule has 7 nitrogen and oxygen atoms in total. The summed E-state index contributed by atoms with van der Waals surface area (Å²) in [5, 5.41) is 3.06. The van der Waals surface area contributed by atoms with Crippen LogP contribution >= 0.6 is 0 Å². The number of aldehydes is 1. The minimum Gasteiger partial charge on any atom is -0.497 e. The Morgan fingerprint density at radius 1 is 1.12 bits per heavy atom. The molecular formula is C19H25NO6. The van der Waals surface area contributed by atoms with Crippen LogP contribution in [-0.4, -0.2) is 44.1 Å². The highest BCUT2D eigenvalue weighted by molar-refractivity contribution is 6.06. The van der Waals surface area contributed by atoms with Gasteiger partial charge in [-0.05, 0) is 31.5 Å². The molecule has 26 heavy (non-hydrogen) atoms. The van der Waals surface area contributed by atoms with E-state index in [0.717, 1.165) is 11.8 Å². The van der Waals surface area contributed by atoms with Crippen molar-refractivity contribution in [2.45, 2.75) is 32.4 Å². The third-order valence-corrected chi connectivity index (χ3v) is 4.86. The Kier molecular flexibility index (Phi) is 6.37. The summed E-state index contributed by atoms with van der Waals surface area (Å²) in [6.45, 7) is 5.24. The fraction of sp³-hybridized carbons (Fsp3) is 0.526. The predicted octanol–water partition coefficient (Wildman–Crippen LogP) is 1.66. The molecule has 1 aromatic rings. The molecule has 1 fully saturated rings. The van der Waals surface area contributed by atoms with Gasteiger partial charge in [-0.25, -0.2) is 9.59 Å². The van der Waals surface area contributed by atoms with Crippen LogP contribution in [0.5, 0.6) is 5.75 Å². The predicted molar refractivity (Wildman–Crippen MR) is 93.6 cm³/mol. The number of carbonyl (C=O) groups excluding carboxylic acids is 3. The van der Waals surface area contributed by atoms with E-state index in [4.69, 9.17) is 14.2 Å². The molecule has 3 atom stereocenters. The zero-order valence-electron chi connectivity index (χ0n) is 15.5. The molecule has 0 radical (unpaired) electrons. The quantitative estimate of drug-likeness (QED) is 0.447. The van der Waals surface area contributed by atoms with Crippen molar-refractivity contribution in [3.05, 3.63) is 29.8 Å². The van der Waals surface area contributed by atoms with Crippen LogP contribution in [0, 0.1) is 11.8 Å². The van der Waals surface area contributed by atoms with Crippen LogP contribution in [0.4, 0.5) is 0 Å². The third kappa shape index (κ3) is 3.31. The maximum absolute atomic E-state index is 12.7.